The van der Waals surface area contributed by atoms with Gasteiger partial charge in [-0.15, -0.1) is 0 Å². The topological polar surface area (TPSA) is 95.6 Å². The largest absolute Gasteiger partial charge is 0.449 e. The van der Waals surface area contributed by atoms with Crippen LogP contribution in [0.25, 0.3) is 11.0 Å². The van der Waals surface area contributed by atoms with Gasteiger partial charge in [-0.1, -0.05) is 25.1 Å². The number of carbonyl (C=O) groups excluding carboxylic acids is 2. The summed E-state index contributed by atoms with van der Waals surface area (Å²) in [6.07, 6.45) is 1.46. The average Bonchev–Trinajstić information content (AvgIpc) is 3.32. The molecule has 2 aromatic heterocycles. The molecule has 0 aliphatic carbocycles. The highest BCUT2D eigenvalue weighted by molar-refractivity contribution is 5.99. The molecule has 0 bridgehead atoms. The summed E-state index contributed by atoms with van der Waals surface area (Å²) in [5, 5.41) is 7.76. The van der Waals surface area contributed by atoms with Gasteiger partial charge in [0.15, 0.2) is 6.10 Å². The third-order valence-corrected chi connectivity index (χ3v) is 4.76. The number of methoxy groups -OCH3 is 1. The summed E-state index contributed by atoms with van der Waals surface area (Å²) in [6, 6.07) is 9.10. The second-order valence-corrected chi connectivity index (χ2v) is 6.79. The summed E-state index contributed by atoms with van der Waals surface area (Å²) in [5.74, 6) is -0.576. The third-order valence-electron chi connectivity index (χ3n) is 4.76. The third kappa shape index (κ3) is 4.32. The van der Waals surface area contributed by atoms with E-state index in [1.54, 1.807) is 23.0 Å². The highest BCUT2D eigenvalue weighted by Gasteiger charge is 2.26. The van der Waals surface area contributed by atoms with Crippen molar-refractivity contribution in [1.82, 2.24) is 9.78 Å². The first-order valence-electron chi connectivity index (χ1n) is 9.50. The quantitative estimate of drug-likeness (QED) is 0.577. The molecule has 3 aromatic rings. The molecule has 154 valence electrons. The second kappa shape index (κ2) is 8.91. The van der Waals surface area contributed by atoms with Crippen LogP contribution in [0.4, 0.5) is 5.82 Å². The average molecular weight is 399 g/mol. The molecule has 1 aromatic carbocycles. The summed E-state index contributed by atoms with van der Waals surface area (Å²) in [4.78, 5) is 25.2. The number of benzene rings is 1. The second-order valence-electron chi connectivity index (χ2n) is 6.79. The summed E-state index contributed by atoms with van der Waals surface area (Å²) >= 11 is 0. The van der Waals surface area contributed by atoms with Crippen LogP contribution < -0.4 is 5.32 Å². The number of rotatable bonds is 8. The van der Waals surface area contributed by atoms with Gasteiger partial charge >= 0.3 is 5.97 Å². The predicted molar refractivity (Wildman–Crippen MR) is 108 cm³/mol. The Morgan fingerprint density at radius 2 is 2.00 bits per heavy atom. The van der Waals surface area contributed by atoms with Crippen LogP contribution in [0.5, 0.6) is 0 Å². The SMILES string of the molecule is CC[C@@H](C)n1nccc1NC(=O)[C@@H](C)OC(=O)c1oc2ccccc2c1COC. The summed E-state index contributed by atoms with van der Waals surface area (Å²) in [7, 11) is 1.54. The van der Waals surface area contributed by atoms with Crippen molar-refractivity contribution >= 4 is 28.7 Å². The molecule has 0 spiro atoms. The highest BCUT2D eigenvalue weighted by atomic mass is 16.6. The number of nitrogens with zero attached hydrogens (tertiary/aromatic N) is 2. The van der Waals surface area contributed by atoms with Gasteiger partial charge in [0.05, 0.1) is 18.8 Å². The number of anilines is 1. The molecule has 1 N–H and O–H groups in total. The van der Waals surface area contributed by atoms with Crippen molar-refractivity contribution in [3.63, 3.8) is 0 Å². The zero-order chi connectivity index (χ0) is 21.0. The van der Waals surface area contributed by atoms with Crippen LogP contribution in [-0.2, 0) is 20.9 Å². The minimum Gasteiger partial charge on any atom is -0.449 e. The molecular weight excluding hydrogens is 374 g/mol. The lowest BCUT2D eigenvalue weighted by Crippen LogP contribution is -2.31. The normalized spacial score (nSPS) is 13.2. The molecule has 0 unspecified atom stereocenters. The van der Waals surface area contributed by atoms with Crippen LogP contribution in [0.1, 0.15) is 49.4 Å². The van der Waals surface area contributed by atoms with Crippen molar-refractivity contribution in [1.29, 1.82) is 0 Å². The molecule has 0 aliphatic heterocycles. The Kier molecular flexibility index (Phi) is 6.33. The Balaban J connectivity index is 1.74. The number of ether oxygens (including phenoxy) is 2. The maximum Gasteiger partial charge on any atom is 0.375 e. The highest BCUT2D eigenvalue weighted by Crippen LogP contribution is 2.27. The van der Waals surface area contributed by atoms with Crippen LogP contribution >= 0.6 is 0 Å². The van der Waals surface area contributed by atoms with E-state index in [2.05, 4.69) is 10.4 Å². The van der Waals surface area contributed by atoms with Crippen LogP contribution in [0.15, 0.2) is 40.9 Å². The van der Waals surface area contributed by atoms with Crippen molar-refractivity contribution in [3.05, 3.63) is 47.9 Å². The monoisotopic (exact) mass is 399 g/mol. The minimum atomic E-state index is -1.02. The predicted octanol–water partition coefficient (Wildman–Crippen LogP) is 3.93. The Hall–Kier alpha value is -3.13. The van der Waals surface area contributed by atoms with Gasteiger partial charge in [-0.3, -0.25) is 4.79 Å². The molecule has 0 saturated carbocycles. The number of carbonyl (C=O) groups is 2. The van der Waals surface area contributed by atoms with Gasteiger partial charge in [0.1, 0.15) is 11.4 Å². The Bertz CT molecular complexity index is 1010. The van der Waals surface area contributed by atoms with Gasteiger partial charge in [0, 0.05) is 24.1 Å². The molecule has 0 aliphatic rings. The summed E-state index contributed by atoms with van der Waals surface area (Å²) in [6.45, 7) is 5.74. The zero-order valence-electron chi connectivity index (χ0n) is 17.0. The van der Waals surface area contributed by atoms with Gasteiger partial charge in [-0.2, -0.15) is 5.10 Å². The van der Waals surface area contributed by atoms with E-state index in [9.17, 15) is 9.59 Å². The van der Waals surface area contributed by atoms with Gasteiger partial charge in [-0.05, 0) is 26.3 Å². The van der Waals surface area contributed by atoms with E-state index >= 15 is 0 Å². The fourth-order valence-corrected chi connectivity index (χ4v) is 2.98. The van der Waals surface area contributed by atoms with Crippen LogP contribution in [0.2, 0.25) is 0 Å². The molecule has 8 heteroatoms. The fourth-order valence-electron chi connectivity index (χ4n) is 2.98. The molecule has 0 fully saturated rings. The van der Waals surface area contributed by atoms with E-state index in [1.165, 1.54) is 14.0 Å². The fraction of sp³-hybridized carbons (Fsp3) is 0.381. The molecule has 1 amide bonds. The van der Waals surface area contributed by atoms with Gasteiger partial charge in [0.25, 0.3) is 5.91 Å². The minimum absolute atomic E-state index is 0.0392. The van der Waals surface area contributed by atoms with E-state index in [1.807, 2.05) is 32.0 Å². The molecule has 0 saturated heterocycles. The van der Waals surface area contributed by atoms with Crippen molar-refractivity contribution in [3.8, 4) is 0 Å². The number of hydrogen-bond acceptors (Lipinski definition) is 6. The van der Waals surface area contributed by atoms with Crippen molar-refractivity contribution in [2.24, 2.45) is 0 Å². The van der Waals surface area contributed by atoms with Crippen LogP contribution in [-0.4, -0.2) is 34.9 Å². The molecular formula is C21H25N3O5. The summed E-state index contributed by atoms with van der Waals surface area (Å²) < 4.78 is 17.9. The number of hydrogen-bond donors (Lipinski definition) is 1. The van der Waals surface area contributed by atoms with Gasteiger partial charge in [0.2, 0.25) is 5.76 Å². The number of fused-ring (bicyclic) bond motifs is 1. The number of furan rings is 1. The Labute approximate surface area is 168 Å². The molecule has 29 heavy (non-hydrogen) atoms. The van der Waals surface area contributed by atoms with Crippen molar-refractivity contribution < 1.29 is 23.5 Å². The first kappa shape index (κ1) is 20.6. The molecule has 8 nitrogen and oxygen atoms in total. The van der Waals surface area contributed by atoms with Crippen molar-refractivity contribution in [2.45, 2.75) is 45.9 Å². The number of para-hydroxylation sites is 1. The standard InChI is InChI=1S/C21H25N3O5/c1-5-13(2)24-18(10-11-22-24)23-20(25)14(3)28-21(26)19-16(12-27-4)15-8-6-7-9-17(15)29-19/h6-11,13-14H,5,12H2,1-4H3,(H,23,25)/t13-,14-/m1/s1. The van der Waals surface area contributed by atoms with E-state index < -0.39 is 18.0 Å². The van der Waals surface area contributed by atoms with E-state index in [0.717, 1.165) is 11.8 Å². The molecule has 0 radical (unpaired) electrons. The van der Waals surface area contributed by atoms with Crippen LogP contribution in [0.3, 0.4) is 0 Å². The lowest BCUT2D eigenvalue weighted by Gasteiger charge is -2.16. The van der Waals surface area contributed by atoms with E-state index in [4.69, 9.17) is 13.9 Å². The lowest BCUT2D eigenvalue weighted by atomic mass is 10.1. The zero-order valence-corrected chi connectivity index (χ0v) is 17.0. The van der Waals surface area contributed by atoms with Gasteiger partial charge < -0.3 is 19.2 Å². The Morgan fingerprint density at radius 3 is 2.72 bits per heavy atom. The first-order valence-corrected chi connectivity index (χ1v) is 9.50. The first-order chi connectivity index (χ1) is 14.0. The van der Waals surface area contributed by atoms with Crippen molar-refractivity contribution in [2.75, 3.05) is 12.4 Å². The van der Waals surface area contributed by atoms with Crippen LogP contribution in [0, 0.1) is 0 Å². The summed E-state index contributed by atoms with van der Waals surface area (Å²) in [5.41, 5.74) is 1.15. The van der Waals surface area contributed by atoms with E-state index in [-0.39, 0.29) is 18.4 Å². The Morgan fingerprint density at radius 1 is 1.24 bits per heavy atom. The molecule has 2 heterocycles. The maximum absolute atomic E-state index is 12.7. The number of nitrogens with one attached hydrogen (secondary N) is 1. The van der Waals surface area contributed by atoms with Gasteiger partial charge in [-0.25, -0.2) is 9.48 Å². The van der Waals surface area contributed by atoms with E-state index in [0.29, 0.717) is 17.0 Å². The number of aromatic nitrogens is 2. The number of amides is 1. The number of esters is 1. The molecule has 3 rings (SSSR count). The lowest BCUT2D eigenvalue weighted by molar-refractivity contribution is -0.123. The smallest absolute Gasteiger partial charge is 0.375 e. The maximum atomic E-state index is 12.7. The molecule has 2 atom stereocenters.